The van der Waals surface area contributed by atoms with Crippen LogP contribution in [0.4, 0.5) is 0 Å². The molecule has 1 N–H and O–H groups in total. The zero-order valence-electron chi connectivity index (χ0n) is 14.0. The van der Waals surface area contributed by atoms with Crippen molar-refractivity contribution in [1.29, 1.82) is 0 Å². The number of halogens is 1. The summed E-state index contributed by atoms with van der Waals surface area (Å²) in [7, 11) is 0. The molecule has 1 aromatic carbocycles. The van der Waals surface area contributed by atoms with E-state index in [-0.39, 0.29) is 12.5 Å². The van der Waals surface area contributed by atoms with Crippen LogP contribution in [0, 0.1) is 0 Å². The maximum absolute atomic E-state index is 12.0. The first kappa shape index (κ1) is 18.2. The van der Waals surface area contributed by atoms with E-state index in [2.05, 4.69) is 20.5 Å². The van der Waals surface area contributed by atoms with Crippen LogP contribution >= 0.6 is 23.4 Å². The molecule has 2 aromatic rings. The van der Waals surface area contributed by atoms with Gasteiger partial charge in [-0.1, -0.05) is 28.9 Å². The van der Waals surface area contributed by atoms with Gasteiger partial charge in [0.25, 0.3) is 0 Å². The Bertz CT molecular complexity index is 685. The summed E-state index contributed by atoms with van der Waals surface area (Å²) in [5.41, 5.74) is 1.94. The fourth-order valence-electron chi connectivity index (χ4n) is 2.63. The van der Waals surface area contributed by atoms with E-state index in [1.165, 1.54) is 11.5 Å². The zero-order valence-corrected chi connectivity index (χ0v) is 15.6. The van der Waals surface area contributed by atoms with Crippen molar-refractivity contribution in [2.45, 2.75) is 19.5 Å². The minimum absolute atomic E-state index is 0.0838. The number of nitrogens with zero attached hydrogens (tertiary/aromatic N) is 4. The molecule has 8 heteroatoms. The van der Waals surface area contributed by atoms with Crippen molar-refractivity contribution in [3.05, 3.63) is 46.7 Å². The standard InChI is InChI=1S/C17H22ClN5OS/c18-15-3-1-14(2-4-15)11-19-17(24)13-23-12-16(20-21-23)5-6-22-7-9-25-10-8-22/h1-4,12H,5-11,13H2,(H,19,24). The maximum atomic E-state index is 12.0. The van der Waals surface area contributed by atoms with Gasteiger partial charge in [0.05, 0.1) is 5.69 Å². The van der Waals surface area contributed by atoms with E-state index < -0.39 is 0 Å². The number of carbonyl (C=O) groups is 1. The minimum Gasteiger partial charge on any atom is -0.350 e. The van der Waals surface area contributed by atoms with E-state index in [9.17, 15) is 4.79 Å². The normalized spacial score (nSPS) is 15.2. The lowest BCUT2D eigenvalue weighted by molar-refractivity contribution is -0.122. The molecule has 1 saturated heterocycles. The summed E-state index contributed by atoms with van der Waals surface area (Å²) < 4.78 is 1.60. The Labute approximate surface area is 156 Å². The van der Waals surface area contributed by atoms with Crippen LogP contribution in [0.2, 0.25) is 5.02 Å². The molecule has 25 heavy (non-hydrogen) atoms. The molecule has 3 rings (SSSR count). The number of hydrogen-bond donors (Lipinski definition) is 1. The number of carbonyl (C=O) groups excluding carboxylic acids is 1. The molecule has 0 atom stereocenters. The third-order valence-corrected chi connectivity index (χ3v) is 5.28. The van der Waals surface area contributed by atoms with Gasteiger partial charge in [-0.15, -0.1) is 5.10 Å². The molecule has 0 aliphatic carbocycles. The lowest BCUT2D eigenvalue weighted by atomic mass is 10.2. The molecule has 2 heterocycles. The van der Waals surface area contributed by atoms with Crippen LogP contribution in [-0.4, -0.2) is 56.9 Å². The Kier molecular flexibility index (Phi) is 6.72. The summed E-state index contributed by atoms with van der Waals surface area (Å²) in [5.74, 6) is 2.33. The van der Waals surface area contributed by atoms with E-state index in [0.29, 0.717) is 11.6 Å². The van der Waals surface area contributed by atoms with Crippen LogP contribution in [0.1, 0.15) is 11.3 Å². The Morgan fingerprint density at radius 3 is 2.76 bits per heavy atom. The van der Waals surface area contributed by atoms with Gasteiger partial charge in [0, 0.05) is 55.3 Å². The molecule has 6 nitrogen and oxygen atoms in total. The third-order valence-electron chi connectivity index (χ3n) is 4.08. The van der Waals surface area contributed by atoms with Crippen molar-refractivity contribution >= 4 is 29.3 Å². The number of benzene rings is 1. The Balaban J connectivity index is 1.40. The van der Waals surface area contributed by atoms with Gasteiger partial charge >= 0.3 is 0 Å². The number of hydrogen-bond acceptors (Lipinski definition) is 5. The van der Waals surface area contributed by atoms with E-state index in [0.717, 1.165) is 37.3 Å². The fraction of sp³-hybridized carbons (Fsp3) is 0.471. The van der Waals surface area contributed by atoms with Crippen molar-refractivity contribution < 1.29 is 4.79 Å². The first-order chi connectivity index (χ1) is 12.2. The topological polar surface area (TPSA) is 63.1 Å². The molecule has 0 bridgehead atoms. The minimum atomic E-state index is -0.0838. The Morgan fingerprint density at radius 2 is 2.00 bits per heavy atom. The molecule has 0 radical (unpaired) electrons. The predicted molar refractivity (Wildman–Crippen MR) is 101 cm³/mol. The molecule has 134 valence electrons. The van der Waals surface area contributed by atoms with Crippen molar-refractivity contribution in [3.8, 4) is 0 Å². The van der Waals surface area contributed by atoms with Gasteiger partial charge in [-0.3, -0.25) is 4.79 Å². The van der Waals surface area contributed by atoms with Gasteiger partial charge in [0.1, 0.15) is 6.54 Å². The van der Waals surface area contributed by atoms with E-state index in [1.54, 1.807) is 4.68 Å². The molecule has 1 aliphatic heterocycles. The lowest BCUT2D eigenvalue weighted by Gasteiger charge is -2.25. The van der Waals surface area contributed by atoms with E-state index in [4.69, 9.17) is 11.6 Å². The highest BCUT2D eigenvalue weighted by Crippen LogP contribution is 2.10. The van der Waals surface area contributed by atoms with Crippen molar-refractivity contribution in [1.82, 2.24) is 25.2 Å². The lowest BCUT2D eigenvalue weighted by Crippen LogP contribution is -2.34. The predicted octanol–water partition coefficient (Wildman–Crippen LogP) is 1.84. The van der Waals surface area contributed by atoms with Crippen LogP contribution in [0.3, 0.4) is 0 Å². The average molecular weight is 380 g/mol. The monoisotopic (exact) mass is 379 g/mol. The highest BCUT2D eigenvalue weighted by atomic mass is 35.5. The summed E-state index contributed by atoms with van der Waals surface area (Å²) in [6.45, 7) is 3.95. The molecule has 1 amide bonds. The number of nitrogens with one attached hydrogen (secondary N) is 1. The highest BCUT2D eigenvalue weighted by molar-refractivity contribution is 7.99. The van der Waals surface area contributed by atoms with Crippen LogP contribution in [-0.2, 0) is 24.3 Å². The van der Waals surface area contributed by atoms with Crippen LogP contribution < -0.4 is 5.32 Å². The molecule has 1 aliphatic rings. The summed E-state index contributed by atoms with van der Waals surface area (Å²) in [6.07, 6.45) is 2.73. The Hall–Kier alpha value is -1.57. The first-order valence-corrected chi connectivity index (χ1v) is 9.92. The van der Waals surface area contributed by atoms with Gasteiger partial charge in [-0.25, -0.2) is 4.68 Å². The zero-order chi connectivity index (χ0) is 17.5. The van der Waals surface area contributed by atoms with E-state index in [1.807, 2.05) is 42.2 Å². The average Bonchev–Trinajstić information content (AvgIpc) is 3.08. The molecule has 1 aromatic heterocycles. The van der Waals surface area contributed by atoms with Crippen LogP contribution in [0.5, 0.6) is 0 Å². The Morgan fingerprint density at radius 1 is 1.24 bits per heavy atom. The van der Waals surface area contributed by atoms with E-state index >= 15 is 0 Å². The molecule has 0 saturated carbocycles. The summed E-state index contributed by atoms with van der Waals surface area (Å²) in [6, 6.07) is 7.42. The smallest absolute Gasteiger partial charge is 0.242 e. The highest BCUT2D eigenvalue weighted by Gasteiger charge is 2.11. The number of amides is 1. The SMILES string of the molecule is O=C(Cn1cc(CCN2CCSCC2)nn1)NCc1ccc(Cl)cc1. The van der Waals surface area contributed by atoms with Crippen molar-refractivity contribution in [3.63, 3.8) is 0 Å². The second kappa shape index (κ2) is 9.22. The number of thioether (sulfide) groups is 1. The van der Waals surface area contributed by atoms with Crippen LogP contribution in [0.25, 0.3) is 0 Å². The summed E-state index contributed by atoms with van der Waals surface area (Å²) >= 11 is 7.86. The summed E-state index contributed by atoms with van der Waals surface area (Å²) in [4.78, 5) is 14.5. The van der Waals surface area contributed by atoms with Crippen LogP contribution in [0.15, 0.2) is 30.5 Å². The summed E-state index contributed by atoms with van der Waals surface area (Å²) in [5, 5.41) is 11.8. The van der Waals surface area contributed by atoms with Crippen molar-refractivity contribution in [2.75, 3.05) is 31.1 Å². The number of rotatable bonds is 7. The molecule has 1 fully saturated rings. The first-order valence-electron chi connectivity index (χ1n) is 8.39. The molecule has 0 unspecified atom stereocenters. The fourth-order valence-corrected chi connectivity index (χ4v) is 3.74. The van der Waals surface area contributed by atoms with Crippen molar-refractivity contribution in [2.24, 2.45) is 0 Å². The van der Waals surface area contributed by atoms with Gasteiger partial charge < -0.3 is 10.2 Å². The van der Waals surface area contributed by atoms with Gasteiger partial charge in [0.15, 0.2) is 0 Å². The second-order valence-corrected chi connectivity index (χ2v) is 7.68. The third kappa shape index (κ3) is 6.02. The maximum Gasteiger partial charge on any atom is 0.242 e. The van der Waals surface area contributed by atoms with Gasteiger partial charge in [-0.05, 0) is 17.7 Å². The quantitative estimate of drug-likeness (QED) is 0.795. The molecular formula is C17H22ClN5OS. The largest absolute Gasteiger partial charge is 0.350 e. The van der Waals surface area contributed by atoms with Gasteiger partial charge in [-0.2, -0.15) is 11.8 Å². The number of aromatic nitrogens is 3. The van der Waals surface area contributed by atoms with Gasteiger partial charge in [0.2, 0.25) is 5.91 Å². The second-order valence-electron chi connectivity index (χ2n) is 6.01. The molecular weight excluding hydrogens is 358 g/mol. The molecule has 0 spiro atoms.